The molecule has 0 bridgehead atoms. The number of halogens is 1. The molecule has 0 spiro atoms. The number of hydrogen-bond acceptors (Lipinski definition) is 7. The molecule has 0 unspecified atom stereocenters. The molecule has 0 aliphatic carbocycles. The van der Waals surface area contributed by atoms with E-state index in [4.69, 9.17) is 37.7 Å². The average molecular weight is 513 g/mol. The number of benzene rings is 2. The highest BCUT2D eigenvalue weighted by atomic mass is 35.5. The van der Waals surface area contributed by atoms with E-state index in [1.54, 1.807) is 24.3 Å². The van der Waals surface area contributed by atoms with Gasteiger partial charge in [0.15, 0.2) is 5.11 Å². The van der Waals surface area contributed by atoms with Crippen LogP contribution in [0.15, 0.2) is 58.5 Å². The van der Waals surface area contributed by atoms with Crippen molar-refractivity contribution in [2.75, 3.05) is 19.1 Å². The van der Waals surface area contributed by atoms with Crippen molar-refractivity contribution < 1.29 is 33.4 Å². The molecular weight excluding hydrogens is 496 g/mol. The van der Waals surface area contributed by atoms with Crippen LogP contribution in [0.5, 0.6) is 11.5 Å². The van der Waals surface area contributed by atoms with Crippen LogP contribution in [0.25, 0.3) is 17.4 Å². The van der Waals surface area contributed by atoms with E-state index in [1.165, 1.54) is 44.6 Å². The molecule has 1 aliphatic rings. The Labute approximate surface area is 209 Å². The van der Waals surface area contributed by atoms with E-state index in [9.17, 15) is 19.5 Å². The van der Waals surface area contributed by atoms with Gasteiger partial charge in [0, 0.05) is 11.6 Å². The largest absolute Gasteiger partial charge is 0.497 e. The first-order valence-electron chi connectivity index (χ1n) is 10.00. The summed E-state index contributed by atoms with van der Waals surface area (Å²) in [6, 6.07) is 12.1. The summed E-state index contributed by atoms with van der Waals surface area (Å²) in [6.45, 7) is 0. The van der Waals surface area contributed by atoms with Crippen LogP contribution in [-0.2, 0) is 9.59 Å². The van der Waals surface area contributed by atoms with Gasteiger partial charge in [-0.25, -0.2) is 9.69 Å². The van der Waals surface area contributed by atoms with E-state index in [0.29, 0.717) is 22.7 Å². The Morgan fingerprint density at radius 2 is 1.89 bits per heavy atom. The van der Waals surface area contributed by atoms with Gasteiger partial charge in [-0.05, 0) is 60.8 Å². The van der Waals surface area contributed by atoms with Crippen molar-refractivity contribution in [2.24, 2.45) is 0 Å². The number of carbonyl (C=O) groups is 3. The fourth-order valence-electron chi connectivity index (χ4n) is 3.41. The number of nitrogens with zero attached hydrogens (tertiary/aromatic N) is 1. The summed E-state index contributed by atoms with van der Waals surface area (Å²) in [5, 5.41) is 11.9. The molecule has 9 nitrogen and oxygen atoms in total. The van der Waals surface area contributed by atoms with Crippen LogP contribution in [0, 0.1) is 0 Å². The molecule has 2 aromatic carbocycles. The van der Waals surface area contributed by atoms with Crippen LogP contribution in [-0.4, -0.2) is 42.2 Å². The standard InChI is InChI=1S/C24H17ClN2O7S/c1-32-13-4-7-18(20(11-13)33-2)27-22(29)16(21(28)26-24(27)35)10-14-5-8-19(34-14)15-9-12(23(30)31)3-6-17(15)25/h3-11H,1-2H3,(H,30,31)(H,26,28,35)/b16-10+. The number of nitrogens with one attached hydrogen (secondary N) is 1. The summed E-state index contributed by atoms with van der Waals surface area (Å²) in [4.78, 5) is 38.4. The minimum atomic E-state index is -1.12. The first kappa shape index (κ1) is 24.0. The first-order chi connectivity index (χ1) is 16.7. The SMILES string of the molecule is COc1ccc(N2C(=O)/C(=C/c3ccc(-c4cc(C(=O)O)ccc4Cl)o3)C(=O)NC2=S)c(OC)c1. The molecule has 1 aliphatic heterocycles. The number of carbonyl (C=O) groups excluding carboxylic acids is 2. The summed E-state index contributed by atoms with van der Waals surface area (Å²) < 4.78 is 16.3. The van der Waals surface area contributed by atoms with E-state index in [1.807, 2.05) is 0 Å². The number of thiocarbonyl (C=S) groups is 1. The third-order valence-corrected chi connectivity index (χ3v) is 5.74. The van der Waals surface area contributed by atoms with Crippen molar-refractivity contribution >= 4 is 58.5 Å². The lowest BCUT2D eigenvalue weighted by Crippen LogP contribution is -2.54. The normalized spacial score (nSPS) is 14.8. The first-order valence-corrected chi connectivity index (χ1v) is 10.8. The maximum atomic E-state index is 13.3. The number of furan rings is 1. The van der Waals surface area contributed by atoms with Crippen LogP contribution < -0.4 is 19.7 Å². The summed E-state index contributed by atoms with van der Waals surface area (Å²) in [5.74, 6) is -1.26. The molecule has 0 atom stereocenters. The van der Waals surface area contributed by atoms with Gasteiger partial charge in [-0.15, -0.1) is 0 Å². The van der Waals surface area contributed by atoms with Gasteiger partial charge in [-0.1, -0.05) is 11.6 Å². The molecule has 1 aromatic heterocycles. The Hall–Kier alpha value is -4.15. The lowest BCUT2D eigenvalue weighted by Gasteiger charge is -2.29. The minimum Gasteiger partial charge on any atom is -0.497 e. The molecule has 2 heterocycles. The Kier molecular flexibility index (Phi) is 6.59. The number of carboxylic acid groups (broad SMARTS) is 1. The van der Waals surface area contributed by atoms with Gasteiger partial charge < -0.3 is 19.0 Å². The zero-order valence-electron chi connectivity index (χ0n) is 18.3. The predicted octanol–water partition coefficient (Wildman–Crippen LogP) is 4.15. The Morgan fingerprint density at radius 1 is 1.11 bits per heavy atom. The monoisotopic (exact) mass is 512 g/mol. The van der Waals surface area contributed by atoms with Crippen molar-refractivity contribution in [3.63, 3.8) is 0 Å². The Bertz CT molecular complexity index is 1410. The highest BCUT2D eigenvalue weighted by Gasteiger charge is 2.36. The van der Waals surface area contributed by atoms with E-state index in [0.717, 1.165) is 4.90 Å². The molecule has 11 heteroatoms. The fraction of sp³-hybridized carbons (Fsp3) is 0.0833. The molecular formula is C24H17ClN2O7S. The third kappa shape index (κ3) is 4.61. The number of aromatic carboxylic acids is 1. The molecule has 178 valence electrons. The molecule has 35 heavy (non-hydrogen) atoms. The maximum Gasteiger partial charge on any atom is 0.335 e. The fourth-order valence-corrected chi connectivity index (χ4v) is 3.90. The third-order valence-electron chi connectivity index (χ3n) is 5.12. The van der Waals surface area contributed by atoms with Crippen LogP contribution in [0.1, 0.15) is 16.1 Å². The minimum absolute atomic E-state index is 0.0279. The molecule has 4 rings (SSSR count). The van der Waals surface area contributed by atoms with Crippen molar-refractivity contribution in [3.05, 3.63) is 70.5 Å². The lowest BCUT2D eigenvalue weighted by atomic mass is 10.1. The van der Waals surface area contributed by atoms with Gasteiger partial charge in [0.1, 0.15) is 28.6 Å². The van der Waals surface area contributed by atoms with Crippen LogP contribution in [0.2, 0.25) is 5.02 Å². The second kappa shape index (κ2) is 9.61. The van der Waals surface area contributed by atoms with Crippen molar-refractivity contribution in [3.8, 4) is 22.8 Å². The number of amides is 2. The molecule has 0 radical (unpaired) electrons. The predicted molar refractivity (Wildman–Crippen MR) is 132 cm³/mol. The van der Waals surface area contributed by atoms with E-state index in [2.05, 4.69) is 5.32 Å². The molecule has 3 aromatic rings. The number of methoxy groups -OCH3 is 2. The average Bonchev–Trinajstić information content (AvgIpc) is 3.30. The quantitative estimate of drug-likeness (QED) is 0.287. The van der Waals surface area contributed by atoms with E-state index < -0.39 is 17.8 Å². The number of rotatable bonds is 6. The second-order valence-corrected chi connectivity index (χ2v) is 7.99. The number of anilines is 1. The maximum absolute atomic E-state index is 13.3. The smallest absolute Gasteiger partial charge is 0.335 e. The van der Waals surface area contributed by atoms with Gasteiger partial charge in [-0.2, -0.15) is 0 Å². The van der Waals surface area contributed by atoms with E-state index >= 15 is 0 Å². The molecule has 2 amide bonds. The molecule has 1 fully saturated rings. The summed E-state index contributed by atoms with van der Waals surface area (Å²) in [6.07, 6.45) is 1.26. The van der Waals surface area contributed by atoms with Crippen LogP contribution >= 0.6 is 23.8 Å². The van der Waals surface area contributed by atoms with Crippen LogP contribution in [0.3, 0.4) is 0 Å². The van der Waals surface area contributed by atoms with Gasteiger partial charge in [-0.3, -0.25) is 14.9 Å². The zero-order valence-corrected chi connectivity index (χ0v) is 19.9. The molecule has 0 saturated carbocycles. The van der Waals surface area contributed by atoms with Gasteiger partial charge in [0.2, 0.25) is 0 Å². The number of ether oxygens (including phenoxy) is 2. The Balaban J connectivity index is 1.71. The van der Waals surface area contributed by atoms with Gasteiger partial charge in [0.25, 0.3) is 11.8 Å². The number of hydrogen-bond donors (Lipinski definition) is 2. The van der Waals surface area contributed by atoms with Gasteiger partial charge >= 0.3 is 5.97 Å². The second-order valence-electron chi connectivity index (χ2n) is 7.20. The van der Waals surface area contributed by atoms with Gasteiger partial charge in [0.05, 0.1) is 30.5 Å². The van der Waals surface area contributed by atoms with E-state index in [-0.39, 0.29) is 32.8 Å². The highest BCUT2D eigenvalue weighted by molar-refractivity contribution is 7.80. The zero-order chi connectivity index (χ0) is 25.3. The molecule has 1 saturated heterocycles. The summed E-state index contributed by atoms with van der Waals surface area (Å²) in [7, 11) is 2.93. The number of carboxylic acids is 1. The van der Waals surface area contributed by atoms with Crippen molar-refractivity contribution in [1.82, 2.24) is 5.32 Å². The topological polar surface area (TPSA) is 118 Å². The summed E-state index contributed by atoms with van der Waals surface area (Å²) in [5.41, 5.74) is 0.455. The van der Waals surface area contributed by atoms with Crippen LogP contribution in [0.4, 0.5) is 5.69 Å². The van der Waals surface area contributed by atoms with Crippen molar-refractivity contribution in [1.29, 1.82) is 0 Å². The molecule has 2 N–H and O–H groups in total. The Morgan fingerprint density at radius 3 is 2.57 bits per heavy atom. The highest BCUT2D eigenvalue weighted by Crippen LogP contribution is 2.35. The summed E-state index contributed by atoms with van der Waals surface area (Å²) >= 11 is 11.4. The van der Waals surface area contributed by atoms with Crippen molar-refractivity contribution in [2.45, 2.75) is 0 Å². The lowest BCUT2D eigenvalue weighted by molar-refractivity contribution is -0.122.